The molecular formula is C31H25F3N4O4. The summed E-state index contributed by atoms with van der Waals surface area (Å²) >= 11 is 0. The van der Waals surface area contributed by atoms with Crippen LogP contribution in [0.5, 0.6) is 6.01 Å². The van der Waals surface area contributed by atoms with E-state index in [1.807, 2.05) is 0 Å². The third-order valence-electron chi connectivity index (χ3n) is 7.21. The Balaban J connectivity index is 1.25. The van der Waals surface area contributed by atoms with Crippen LogP contribution in [0.15, 0.2) is 60.8 Å². The van der Waals surface area contributed by atoms with Gasteiger partial charge in [-0.3, -0.25) is 0 Å². The van der Waals surface area contributed by atoms with Crippen molar-refractivity contribution in [3.63, 3.8) is 0 Å². The predicted molar refractivity (Wildman–Crippen MR) is 147 cm³/mol. The third kappa shape index (κ3) is 5.55. The van der Waals surface area contributed by atoms with E-state index in [0.29, 0.717) is 46.9 Å². The molecule has 214 valence electrons. The molecule has 1 fully saturated rings. The zero-order valence-corrected chi connectivity index (χ0v) is 22.5. The number of hydrogen-bond donors (Lipinski definition) is 1. The summed E-state index contributed by atoms with van der Waals surface area (Å²) in [5, 5.41) is 9.41. The fourth-order valence-corrected chi connectivity index (χ4v) is 4.83. The zero-order chi connectivity index (χ0) is 29.4. The van der Waals surface area contributed by atoms with Gasteiger partial charge in [0.15, 0.2) is 5.82 Å². The smallest absolute Gasteiger partial charge is 0.335 e. The van der Waals surface area contributed by atoms with Crippen LogP contribution >= 0.6 is 0 Å². The number of imidazole rings is 1. The molecule has 11 heteroatoms. The van der Waals surface area contributed by atoms with Crippen LogP contribution in [-0.2, 0) is 24.3 Å². The highest BCUT2D eigenvalue weighted by atomic mass is 19.1. The number of aromatic carboxylic acids is 1. The van der Waals surface area contributed by atoms with Gasteiger partial charge in [-0.15, -0.1) is 0 Å². The standard InChI is InChI=1S/C31H25F3N4O4/c1-17-2-3-20(23(32)10-17)16-42-31-35-8-6-26(36-31)19-5-4-18(24(33)11-19)14-28-37-29-25(34)12-21(30(39)40)13-27(29)38(28)15-22-7-9-41-22/h2-6,8,10-13,22H,7,9,14-16H2,1H3,(H,39,40)/t22-/m0/s1. The van der Waals surface area contributed by atoms with E-state index >= 15 is 4.39 Å². The average molecular weight is 575 g/mol. The van der Waals surface area contributed by atoms with Gasteiger partial charge in [-0.1, -0.05) is 24.3 Å². The minimum Gasteiger partial charge on any atom is -0.478 e. The van der Waals surface area contributed by atoms with Crippen molar-refractivity contribution in [2.45, 2.75) is 39.0 Å². The van der Waals surface area contributed by atoms with Crippen molar-refractivity contribution in [2.24, 2.45) is 0 Å². The van der Waals surface area contributed by atoms with Gasteiger partial charge < -0.3 is 19.1 Å². The van der Waals surface area contributed by atoms with Crippen LogP contribution in [-0.4, -0.2) is 43.3 Å². The van der Waals surface area contributed by atoms with Gasteiger partial charge in [0.05, 0.1) is 29.4 Å². The summed E-state index contributed by atoms with van der Waals surface area (Å²) in [5.41, 5.74) is 2.48. The highest BCUT2D eigenvalue weighted by Crippen LogP contribution is 2.28. The number of aromatic nitrogens is 4. The number of rotatable bonds is 9. The van der Waals surface area contributed by atoms with Crippen LogP contribution < -0.4 is 4.74 Å². The van der Waals surface area contributed by atoms with Gasteiger partial charge in [-0.25, -0.2) is 27.9 Å². The Bertz CT molecular complexity index is 1820. The zero-order valence-electron chi connectivity index (χ0n) is 22.5. The van der Waals surface area contributed by atoms with Crippen molar-refractivity contribution < 1.29 is 32.5 Å². The lowest BCUT2D eigenvalue weighted by atomic mass is 10.1. The molecule has 6 rings (SSSR count). The number of fused-ring (bicyclic) bond motifs is 1. The molecule has 42 heavy (non-hydrogen) atoms. The molecule has 1 saturated heterocycles. The van der Waals surface area contributed by atoms with Crippen LogP contribution in [0, 0.1) is 24.4 Å². The van der Waals surface area contributed by atoms with E-state index in [1.165, 1.54) is 24.4 Å². The van der Waals surface area contributed by atoms with E-state index in [4.69, 9.17) is 9.47 Å². The fraction of sp³-hybridized carbons (Fsp3) is 0.226. The minimum atomic E-state index is -1.26. The van der Waals surface area contributed by atoms with E-state index in [9.17, 15) is 18.7 Å². The van der Waals surface area contributed by atoms with Gasteiger partial charge in [0, 0.05) is 30.4 Å². The molecule has 2 aromatic heterocycles. The molecule has 0 aliphatic carbocycles. The quantitative estimate of drug-likeness (QED) is 0.235. The van der Waals surface area contributed by atoms with Crippen molar-refractivity contribution in [3.8, 4) is 17.3 Å². The number of benzene rings is 3. The molecule has 0 saturated carbocycles. The van der Waals surface area contributed by atoms with E-state index in [-0.39, 0.29) is 42.0 Å². The summed E-state index contributed by atoms with van der Waals surface area (Å²) in [6.07, 6.45) is 2.19. The first-order valence-corrected chi connectivity index (χ1v) is 13.3. The van der Waals surface area contributed by atoms with Crippen molar-refractivity contribution in [1.82, 2.24) is 19.5 Å². The lowest BCUT2D eigenvalue weighted by Gasteiger charge is -2.27. The molecule has 0 amide bonds. The topological polar surface area (TPSA) is 99.4 Å². The average Bonchev–Trinajstić information content (AvgIpc) is 3.28. The Morgan fingerprint density at radius 1 is 1.02 bits per heavy atom. The van der Waals surface area contributed by atoms with Crippen LogP contribution in [0.3, 0.4) is 0 Å². The summed E-state index contributed by atoms with van der Waals surface area (Å²) < 4.78 is 57.2. The maximum Gasteiger partial charge on any atom is 0.335 e. The van der Waals surface area contributed by atoms with Crippen LogP contribution in [0.4, 0.5) is 13.2 Å². The van der Waals surface area contributed by atoms with E-state index < -0.39 is 17.6 Å². The van der Waals surface area contributed by atoms with Crippen LogP contribution in [0.1, 0.15) is 39.3 Å². The van der Waals surface area contributed by atoms with Gasteiger partial charge in [-0.2, -0.15) is 4.98 Å². The van der Waals surface area contributed by atoms with Gasteiger partial charge in [0.1, 0.15) is 29.6 Å². The monoisotopic (exact) mass is 574 g/mol. The maximum atomic E-state index is 15.4. The third-order valence-corrected chi connectivity index (χ3v) is 7.21. The Labute approximate surface area is 238 Å². The second-order valence-electron chi connectivity index (χ2n) is 10.1. The molecule has 8 nitrogen and oxygen atoms in total. The molecule has 0 unspecified atom stereocenters. The van der Waals surface area contributed by atoms with E-state index in [1.54, 1.807) is 41.8 Å². The highest BCUT2D eigenvalue weighted by molar-refractivity contribution is 5.92. The summed E-state index contributed by atoms with van der Waals surface area (Å²) in [5.74, 6) is -2.55. The number of nitrogens with zero attached hydrogens (tertiary/aromatic N) is 4. The van der Waals surface area contributed by atoms with Gasteiger partial charge in [0.2, 0.25) is 0 Å². The summed E-state index contributed by atoms with van der Waals surface area (Å²) in [7, 11) is 0. The highest BCUT2D eigenvalue weighted by Gasteiger charge is 2.24. The first-order valence-electron chi connectivity index (χ1n) is 13.3. The fourth-order valence-electron chi connectivity index (χ4n) is 4.83. The lowest BCUT2D eigenvalue weighted by molar-refractivity contribution is -0.0589. The summed E-state index contributed by atoms with van der Waals surface area (Å²) in [6.45, 7) is 2.67. The van der Waals surface area contributed by atoms with Crippen molar-refractivity contribution >= 4 is 17.0 Å². The second kappa shape index (κ2) is 11.2. The number of carbonyl (C=O) groups is 1. The number of halogens is 3. The molecule has 1 aliphatic heterocycles. The van der Waals surface area contributed by atoms with Crippen molar-refractivity contribution in [2.75, 3.05) is 6.61 Å². The molecule has 0 spiro atoms. The number of ether oxygens (including phenoxy) is 2. The predicted octanol–water partition coefficient (Wildman–Crippen LogP) is 5.88. The second-order valence-corrected chi connectivity index (χ2v) is 10.1. The lowest BCUT2D eigenvalue weighted by Crippen LogP contribution is -2.31. The largest absolute Gasteiger partial charge is 0.478 e. The van der Waals surface area contributed by atoms with Crippen molar-refractivity contribution in [1.29, 1.82) is 0 Å². The molecular weight excluding hydrogens is 549 g/mol. The Hall–Kier alpha value is -4.77. The molecule has 3 aromatic carbocycles. The molecule has 1 N–H and O–H groups in total. The molecule has 5 aromatic rings. The Kier molecular flexibility index (Phi) is 7.34. The van der Waals surface area contributed by atoms with E-state index in [2.05, 4.69) is 15.0 Å². The summed E-state index contributed by atoms with van der Waals surface area (Å²) in [6, 6.07) is 13.4. The molecule has 1 aliphatic rings. The Morgan fingerprint density at radius 2 is 1.81 bits per heavy atom. The minimum absolute atomic E-state index is 0.0189. The molecule has 0 radical (unpaired) electrons. The SMILES string of the molecule is Cc1ccc(COc2nccc(-c3ccc(Cc4nc5c(F)cc(C(=O)O)cc5n4C[C@@H]4CCO4)c(F)c3)n2)c(F)c1. The van der Waals surface area contributed by atoms with Crippen molar-refractivity contribution in [3.05, 3.63) is 106 Å². The van der Waals surface area contributed by atoms with E-state index in [0.717, 1.165) is 18.1 Å². The first kappa shape index (κ1) is 27.4. The Morgan fingerprint density at radius 3 is 2.52 bits per heavy atom. The van der Waals surface area contributed by atoms with Gasteiger partial charge in [0.25, 0.3) is 0 Å². The normalized spacial score (nSPS) is 14.6. The first-order chi connectivity index (χ1) is 20.2. The molecule has 3 heterocycles. The maximum absolute atomic E-state index is 15.4. The molecule has 1 atom stereocenters. The number of carboxylic acid groups (broad SMARTS) is 1. The number of carboxylic acids is 1. The van der Waals surface area contributed by atoms with Gasteiger partial charge >= 0.3 is 12.0 Å². The molecule has 0 bridgehead atoms. The van der Waals surface area contributed by atoms with Crippen LogP contribution in [0.25, 0.3) is 22.3 Å². The number of hydrogen-bond acceptors (Lipinski definition) is 6. The summed E-state index contributed by atoms with van der Waals surface area (Å²) in [4.78, 5) is 24.4. The van der Waals surface area contributed by atoms with Gasteiger partial charge in [-0.05, 0) is 54.8 Å². The number of aryl methyl sites for hydroxylation is 1. The van der Waals surface area contributed by atoms with Crippen LogP contribution in [0.2, 0.25) is 0 Å².